The molecule has 1 fully saturated rings. The van der Waals surface area contributed by atoms with Crippen molar-refractivity contribution in [2.45, 2.75) is 38.1 Å². The summed E-state index contributed by atoms with van der Waals surface area (Å²) in [6, 6.07) is 6.37. The number of halogens is 1. The van der Waals surface area contributed by atoms with Gasteiger partial charge in [-0.15, -0.1) is 0 Å². The second-order valence-corrected chi connectivity index (χ2v) is 4.62. The highest BCUT2D eigenvalue weighted by molar-refractivity contribution is 6.33. The zero-order valence-corrected chi connectivity index (χ0v) is 9.56. The number of nitrogens with two attached hydrogens (primary N) is 1. The lowest BCUT2D eigenvalue weighted by Gasteiger charge is -2.24. The van der Waals surface area contributed by atoms with Gasteiger partial charge in [0, 0.05) is 11.7 Å². The fraction of sp³-hybridized carbons (Fsp3) is 0.500. The Morgan fingerprint density at radius 1 is 1.20 bits per heavy atom. The summed E-state index contributed by atoms with van der Waals surface area (Å²) in [5.41, 5.74) is 7.39. The topological polar surface area (TPSA) is 38.0 Å². The molecule has 1 saturated carbocycles. The highest BCUT2D eigenvalue weighted by atomic mass is 35.5. The average molecular weight is 225 g/mol. The Kier molecular flexibility index (Phi) is 3.37. The number of hydrogen-bond acceptors (Lipinski definition) is 2. The van der Waals surface area contributed by atoms with Gasteiger partial charge in [0.25, 0.3) is 0 Å². The third-order valence-corrected chi connectivity index (χ3v) is 3.30. The van der Waals surface area contributed by atoms with Gasteiger partial charge in [-0.05, 0) is 31.0 Å². The minimum atomic E-state index is 0.610. The molecule has 1 aromatic carbocycles. The van der Waals surface area contributed by atoms with Crippen molar-refractivity contribution in [3.63, 3.8) is 0 Å². The van der Waals surface area contributed by atoms with E-state index in [1.807, 2.05) is 18.2 Å². The van der Waals surface area contributed by atoms with E-state index >= 15 is 0 Å². The normalized spacial score (nSPS) is 17.7. The third kappa shape index (κ3) is 2.78. The van der Waals surface area contributed by atoms with Gasteiger partial charge in [-0.25, -0.2) is 0 Å². The van der Waals surface area contributed by atoms with E-state index in [0.717, 1.165) is 5.69 Å². The lowest BCUT2D eigenvalue weighted by atomic mass is 9.95. The molecule has 0 aliphatic heterocycles. The SMILES string of the molecule is Nc1ccc(NC2CCCCC2)cc1Cl. The average Bonchev–Trinajstić information content (AvgIpc) is 2.25. The van der Waals surface area contributed by atoms with E-state index < -0.39 is 0 Å². The minimum Gasteiger partial charge on any atom is -0.398 e. The van der Waals surface area contributed by atoms with Gasteiger partial charge in [0.2, 0.25) is 0 Å². The smallest absolute Gasteiger partial charge is 0.0655 e. The molecule has 82 valence electrons. The maximum absolute atomic E-state index is 5.97. The van der Waals surface area contributed by atoms with Gasteiger partial charge in [-0.3, -0.25) is 0 Å². The van der Waals surface area contributed by atoms with E-state index in [1.165, 1.54) is 32.1 Å². The van der Waals surface area contributed by atoms with Crippen LogP contribution in [0.5, 0.6) is 0 Å². The van der Waals surface area contributed by atoms with Crippen molar-refractivity contribution < 1.29 is 0 Å². The van der Waals surface area contributed by atoms with Crippen molar-refractivity contribution in [3.05, 3.63) is 23.2 Å². The van der Waals surface area contributed by atoms with Gasteiger partial charge in [0.1, 0.15) is 0 Å². The first-order valence-electron chi connectivity index (χ1n) is 5.57. The van der Waals surface area contributed by atoms with Crippen LogP contribution in [0.3, 0.4) is 0 Å². The van der Waals surface area contributed by atoms with E-state index in [4.69, 9.17) is 17.3 Å². The van der Waals surface area contributed by atoms with Crippen LogP contribution in [-0.4, -0.2) is 6.04 Å². The van der Waals surface area contributed by atoms with Crippen molar-refractivity contribution in [1.29, 1.82) is 0 Å². The van der Waals surface area contributed by atoms with Crippen LogP contribution in [0.15, 0.2) is 18.2 Å². The molecule has 0 bridgehead atoms. The standard InChI is InChI=1S/C12H17ClN2/c13-11-8-10(6-7-12(11)14)15-9-4-2-1-3-5-9/h6-9,15H,1-5,14H2. The Bertz CT molecular complexity index is 332. The van der Waals surface area contributed by atoms with Crippen molar-refractivity contribution in [3.8, 4) is 0 Å². The molecule has 0 unspecified atom stereocenters. The largest absolute Gasteiger partial charge is 0.398 e. The first-order valence-corrected chi connectivity index (χ1v) is 5.95. The van der Waals surface area contributed by atoms with Crippen molar-refractivity contribution in [1.82, 2.24) is 0 Å². The summed E-state index contributed by atoms with van der Waals surface area (Å²) < 4.78 is 0. The number of anilines is 2. The molecule has 0 amide bonds. The summed E-state index contributed by atoms with van der Waals surface area (Å²) in [5, 5.41) is 4.14. The summed E-state index contributed by atoms with van der Waals surface area (Å²) in [4.78, 5) is 0. The maximum atomic E-state index is 5.97. The number of hydrogen-bond donors (Lipinski definition) is 2. The molecule has 2 rings (SSSR count). The van der Waals surface area contributed by atoms with Crippen LogP contribution < -0.4 is 11.1 Å². The van der Waals surface area contributed by atoms with Crippen LogP contribution >= 0.6 is 11.6 Å². The Morgan fingerprint density at radius 3 is 2.60 bits per heavy atom. The van der Waals surface area contributed by atoms with Crippen LogP contribution in [0.4, 0.5) is 11.4 Å². The molecule has 0 spiro atoms. The van der Waals surface area contributed by atoms with E-state index in [9.17, 15) is 0 Å². The Balaban J connectivity index is 2.00. The third-order valence-electron chi connectivity index (χ3n) is 2.98. The molecule has 0 radical (unpaired) electrons. The van der Waals surface area contributed by atoms with Gasteiger partial charge in [0.15, 0.2) is 0 Å². The highest BCUT2D eigenvalue weighted by Gasteiger charge is 2.12. The fourth-order valence-electron chi connectivity index (χ4n) is 2.10. The monoisotopic (exact) mass is 224 g/mol. The highest BCUT2D eigenvalue weighted by Crippen LogP contribution is 2.26. The van der Waals surface area contributed by atoms with Gasteiger partial charge < -0.3 is 11.1 Å². The summed E-state index contributed by atoms with van der Waals surface area (Å²) in [6.07, 6.45) is 6.57. The summed E-state index contributed by atoms with van der Waals surface area (Å²) >= 11 is 5.97. The molecule has 0 aromatic heterocycles. The molecule has 1 aliphatic rings. The molecule has 15 heavy (non-hydrogen) atoms. The number of nitrogens with one attached hydrogen (secondary N) is 1. The summed E-state index contributed by atoms with van der Waals surface area (Å²) in [6.45, 7) is 0. The first-order chi connectivity index (χ1) is 7.25. The first kappa shape index (κ1) is 10.6. The Hall–Kier alpha value is -0.890. The maximum Gasteiger partial charge on any atom is 0.0655 e. The second-order valence-electron chi connectivity index (χ2n) is 4.22. The zero-order valence-electron chi connectivity index (χ0n) is 8.80. The predicted molar refractivity (Wildman–Crippen MR) is 66.4 cm³/mol. The van der Waals surface area contributed by atoms with E-state index in [0.29, 0.717) is 16.8 Å². The predicted octanol–water partition coefficient (Wildman–Crippen LogP) is 3.67. The van der Waals surface area contributed by atoms with Crippen LogP contribution in [0.2, 0.25) is 5.02 Å². The fourth-order valence-corrected chi connectivity index (χ4v) is 2.28. The summed E-state index contributed by atoms with van der Waals surface area (Å²) in [5.74, 6) is 0. The van der Waals surface area contributed by atoms with Crippen molar-refractivity contribution in [2.24, 2.45) is 0 Å². The lowest BCUT2D eigenvalue weighted by molar-refractivity contribution is 0.463. The quantitative estimate of drug-likeness (QED) is 0.753. The Morgan fingerprint density at radius 2 is 1.93 bits per heavy atom. The molecule has 0 heterocycles. The van der Waals surface area contributed by atoms with E-state index in [2.05, 4.69) is 5.32 Å². The van der Waals surface area contributed by atoms with Gasteiger partial charge in [-0.1, -0.05) is 30.9 Å². The van der Waals surface area contributed by atoms with E-state index in [1.54, 1.807) is 0 Å². The molecule has 3 heteroatoms. The second kappa shape index (κ2) is 4.75. The van der Waals surface area contributed by atoms with Gasteiger partial charge >= 0.3 is 0 Å². The van der Waals surface area contributed by atoms with E-state index in [-0.39, 0.29) is 0 Å². The van der Waals surface area contributed by atoms with Crippen LogP contribution in [-0.2, 0) is 0 Å². The van der Waals surface area contributed by atoms with Crippen LogP contribution in [0, 0.1) is 0 Å². The molecule has 3 N–H and O–H groups in total. The molecule has 1 aromatic rings. The van der Waals surface area contributed by atoms with Crippen molar-refractivity contribution >= 4 is 23.0 Å². The molecule has 2 nitrogen and oxygen atoms in total. The molecule has 0 atom stereocenters. The molecular weight excluding hydrogens is 208 g/mol. The molecular formula is C12H17ClN2. The van der Waals surface area contributed by atoms with Gasteiger partial charge in [-0.2, -0.15) is 0 Å². The zero-order chi connectivity index (χ0) is 10.7. The number of nitrogen functional groups attached to an aromatic ring is 1. The summed E-state index contributed by atoms with van der Waals surface area (Å²) in [7, 11) is 0. The number of benzene rings is 1. The minimum absolute atomic E-state index is 0.610. The molecule has 0 saturated heterocycles. The van der Waals surface area contributed by atoms with Crippen LogP contribution in [0.1, 0.15) is 32.1 Å². The van der Waals surface area contributed by atoms with Crippen molar-refractivity contribution in [2.75, 3.05) is 11.1 Å². The number of rotatable bonds is 2. The van der Waals surface area contributed by atoms with Gasteiger partial charge in [0.05, 0.1) is 10.7 Å². The van der Waals surface area contributed by atoms with Crippen LogP contribution in [0.25, 0.3) is 0 Å². The Labute approximate surface area is 95.8 Å². The molecule has 1 aliphatic carbocycles. The lowest BCUT2D eigenvalue weighted by Crippen LogP contribution is -2.22.